The second-order valence-corrected chi connectivity index (χ2v) is 6.10. The first-order valence-electron chi connectivity index (χ1n) is 7.48. The van der Waals surface area contributed by atoms with Gasteiger partial charge >= 0.3 is 0 Å². The summed E-state index contributed by atoms with van der Waals surface area (Å²) in [6, 6.07) is 5.55. The van der Waals surface area contributed by atoms with Crippen LogP contribution in [0.5, 0.6) is 5.75 Å². The monoisotopic (exact) mass is 391 g/mol. The number of hydrogen-bond donors (Lipinski definition) is 1. The highest BCUT2D eigenvalue weighted by Gasteiger charge is 2.16. The van der Waals surface area contributed by atoms with Gasteiger partial charge in [0.1, 0.15) is 11.5 Å². The van der Waals surface area contributed by atoms with E-state index in [4.69, 9.17) is 13.7 Å². The van der Waals surface area contributed by atoms with E-state index in [0.29, 0.717) is 17.1 Å². The maximum Gasteiger partial charge on any atom is 0.277 e. The molecule has 0 aliphatic rings. The number of thioether (sulfide) groups is 1. The van der Waals surface area contributed by atoms with E-state index in [1.165, 1.54) is 25.3 Å². The van der Waals surface area contributed by atoms with Crippen molar-refractivity contribution in [3.8, 4) is 17.3 Å². The molecule has 3 rings (SSSR count). The number of nitrogens with zero attached hydrogens (tertiary/aromatic N) is 4. The summed E-state index contributed by atoms with van der Waals surface area (Å²) in [7, 11) is 1.36. The lowest BCUT2D eigenvalue weighted by atomic mass is 10.2. The van der Waals surface area contributed by atoms with Crippen LogP contribution in [0.1, 0.15) is 5.76 Å². The highest BCUT2D eigenvalue weighted by Crippen LogP contribution is 2.29. The number of carbonyl (C=O) groups is 1. The lowest BCUT2D eigenvalue weighted by Crippen LogP contribution is -2.14. The molecule has 140 valence electrons. The summed E-state index contributed by atoms with van der Waals surface area (Å²) in [5, 5.41) is 25.0. The van der Waals surface area contributed by atoms with Crippen molar-refractivity contribution in [3.05, 3.63) is 40.1 Å². The summed E-state index contributed by atoms with van der Waals surface area (Å²) in [6.07, 6.45) is 0. The number of non-ortho nitro benzene ring substituents is 1. The minimum Gasteiger partial charge on any atom is -0.494 e. The number of nitro groups is 1. The molecule has 0 unspecified atom stereocenters. The van der Waals surface area contributed by atoms with E-state index in [0.717, 1.165) is 11.8 Å². The van der Waals surface area contributed by atoms with Gasteiger partial charge in [-0.2, -0.15) is 0 Å². The number of nitro benzene ring substituents is 1. The number of methoxy groups -OCH3 is 1. The number of rotatable bonds is 7. The molecule has 0 saturated carbocycles. The molecular formula is C15H13N5O6S. The Bertz CT molecular complexity index is 985. The van der Waals surface area contributed by atoms with Crippen LogP contribution >= 0.6 is 11.8 Å². The number of amides is 1. The van der Waals surface area contributed by atoms with Crippen LogP contribution in [0, 0.1) is 17.0 Å². The predicted molar refractivity (Wildman–Crippen MR) is 93.5 cm³/mol. The summed E-state index contributed by atoms with van der Waals surface area (Å²) < 4.78 is 15.4. The van der Waals surface area contributed by atoms with Gasteiger partial charge in [-0.25, -0.2) is 0 Å². The molecule has 0 saturated heterocycles. The van der Waals surface area contributed by atoms with Crippen molar-refractivity contribution in [2.24, 2.45) is 0 Å². The minimum absolute atomic E-state index is 0.0143. The van der Waals surface area contributed by atoms with Gasteiger partial charge in [-0.3, -0.25) is 14.9 Å². The SMILES string of the molecule is COc1cc([N+](=O)[O-])ccc1NC(=O)CSc1nnc(-c2cc(C)on2)o1. The first-order valence-corrected chi connectivity index (χ1v) is 8.47. The standard InChI is InChI=1S/C15H13N5O6S/c1-8-5-11(19-26-8)14-17-18-15(25-14)27-7-13(21)16-10-4-3-9(20(22)23)6-12(10)24-2/h3-6H,7H2,1-2H3,(H,16,21). The highest BCUT2D eigenvalue weighted by molar-refractivity contribution is 7.99. The summed E-state index contributed by atoms with van der Waals surface area (Å²) in [4.78, 5) is 22.4. The second kappa shape index (κ2) is 7.86. The maximum atomic E-state index is 12.1. The number of ether oxygens (including phenoxy) is 1. The molecule has 1 amide bonds. The molecule has 0 radical (unpaired) electrons. The van der Waals surface area contributed by atoms with Gasteiger partial charge < -0.3 is 19.0 Å². The number of carbonyl (C=O) groups excluding carboxylic acids is 1. The van der Waals surface area contributed by atoms with Crippen molar-refractivity contribution in [3.63, 3.8) is 0 Å². The zero-order valence-electron chi connectivity index (χ0n) is 14.2. The van der Waals surface area contributed by atoms with Crippen LogP contribution in [0.3, 0.4) is 0 Å². The van der Waals surface area contributed by atoms with Gasteiger partial charge in [0.25, 0.3) is 16.8 Å². The van der Waals surface area contributed by atoms with Crippen molar-refractivity contribution >= 4 is 29.0 Å². The van der Waals surface area contributed by atoms with Crippen molar-refractivity contribution in [2.75, 3.05) is 18.2 Å². The van der Waals surface area contributed by atoms with E-state index in [9.17, 15) is 14.9 Å². The van der Waals surface area contributed by atoms with E-state index in [2.05, 4.69) is 20.7 Å². The summed E-state index contributed by atoms with van der Waals surface area (Å²) in [6.45, 7) is 1.74. The molecule has 0 aliphatic carbocycles. The zero-order chi connectivity index (χ0) is 19.4. The van der Waals surface area contributed by atoms with E-state index < -0.39 is 4.92 Å². The van der Waals surface area contributed by atoms with Crippen LogP contribution in [-0.4, -0.2) is 39.0 Å². The maximum absolute atomic E-state index is 12.1. The van der Waals surface area contributed by atoms with Gasteiger partial charge in [0, 0.05) is 12.1 Å². The van der Waals surface area contributed by atoms with Crippen molar-refractivity contribution in [1.29, 1.82) is 0 Å². The Morgan fingerprint density at radius 1 is 1.37 bits per heavy atom. The third kappa shape index (κ3) is 4.41. The Balaban J connectivity index is 1.60. The molecule has 0 bridgehead atoms. The third-order valence-electron chi connectivity index (χ3n) is 3.25. The number of hydrogen-bond acceptors (Lipinski definition) is 10. The molecule has 0 spiro atoms. The zero-order valence-corrected chi connectivity index (χ0v) is 15.0. The average molecular weight is 391 g/mol. The van der Waals surface area contributed by atoms with Gasteiger partial charge in [-0.1, -0.05) is 16.9 Å². The van der Waals surface area contributed by atoms with E-state index >= 15 is 0 Å². The van der Waals surface area contributed by atoms with Gasteiger partial charge in [0.15, 0.2) is 5.69 Å². The molecule has 27 heavy (non-hydrogen) atoms. The Hall–Kier alpha value is -3.41. The fourth-order valence-electron chi connectivity index (χ4n) is 2.05. The lowest BCUT2D eigenvalue weighted by Gasteiger charge is -2.09. The number of aromatic nitrogens is 3. The van der Waals surface area contributed by atoms with Crippen LogP contribution in [-0.2, 0) is 4.79 Å². The molecule has 1 N–H and O–H groups in total. The molecule has 2 heterocycles. The molecule has 2 aromatic heterocycles. The smallest absolute Gasteiger partial charge is 0.277 e. The van der Waals surface area contributed by atoms with E-state index in [1.54, 1.807) is 13.0 Å². The Labute approximate surface area is 156 Å². The van der Waals surface area contributed by atoms with Gasteiger partial charge in [0.05, 0.1) is 29.5 Å². The number of anilines is 1. The van der Waals surface area contributed by atoms with Crippen molar-refractivity contribution in [1.82, 2.24) is 15.4 Å². The molecule has 1 aromatic carbocycles. The average Bonchev–Trinajstić information content (AvgIpc) is 3.29. The summed E-state index contributed by atoms with van der Waals surface area (Å²) in [5.41, 5.74) is 0.589. The predicted octanol–water partition coefficient (Wildman–Crippen LogP) is 2.68. The molecule has 0 aliphatic heterocycles. The van der Waals surface area contributed by atoms with Crippen LogP contribution in [0.25, 0.3) is 11.6 Å². The number of benzene rings is 1. The highest BCUT2D eigenvalue weighted by atomic mass is 32.2. The summed E-state index contributed by atoms with van der Waals surface area (Å²) >= 11 is 1.03. The molecule has 0 fully saturated rings. The number of aryl methyl sites for hydroxylation is 1. The molecular weight excluding hydrogens is 378 g/mol. The second-order valence-electron chi connectivity index (χ2n) is 5.17. The first kappa shape index (κ1) is 18.4. The van der Waals surface area contributed by atoms with Crippen LogP contribution in [0.15, 0.2) is 38.4 Å². The summed E-state index contributed by atoms with van der Waals surface area (Å²) in [5.74, 6) is 0.591. The molecule has 12 heteroatoms. The largest absolute Gasteiger partial charge is 0.494 e. The van der Waals surface area contributed by atoms with Crippen molar-refractivity contribution < 1.29 is 23.4 Å². The number of nitrogens with one attached hydrogen (secondary N) is 1. The molecule has 3 aromatic rings. The first-order chi connectivity index (χ1) is 13.0. The van der Waals surface area contributed by atoms with Gasteiger partial charge in [-0.05, 0) is 13.0 Å². The quantitative estimate of drug-likeness (QED) is 0.362. The van der Waals surface area contributed by atoms with Crippen LogP contribution in [0.2, 0.25) is 0 Å². The normalized spacial score (nSPS) is 10.6. The van der Waals surface area contributed by atoms with Gasteiger partial charge in [0.2, 0.25) is 5.91 Å². The lowest BCUT2D eigenvalue weighted by molar-refractivity contribution is -0.384. The van der Waals surface area contributed by atoms with Gasteiger partial charge in [-0.15, -0.1) is 10.2 Å². The third-order valence-corrected chi connectivity index (χ3v) is 4.07. The Morgan fingerprint density at radius 3 is 2.85 bits per heavy atom. The molecule has 0 atom stereocenters. The Morgan fingerprint density at radius 2 is 2.19 bits per heavy atom. The molecule has 11 nitrogen and oxygen atoms in total. The van der Waals surface area contributed by atoms with Crippen molar-refractivity contribution in [2.45, 2.75) is 12.1 Å². The van der Waals surface area contributed by atoms with Crippen LogP contribution in [0.4, 0.5) is 11.4 Å². The minimum atomic E-state index is -0.548. The van der Waals surface area contributed by atoms with E-state index in [1.807, 2.05) is 0 Å². The van der Waals surface area contributed by atoms with Crippen LogP contribution < -0.4 is 10.1 Å². The fraction of sp³-hybridized carbons (Fsp3) is 0.200. The fourth-order valence-corrected chi connectivity index (χ4v) is 2.61. The topological polar surface area (TPSA) is 146 Å². The van der Waals surface area contributed by atoms with E-state index in [-0.39, 0.29) is 34.2 Å². The Kier molecular flexibility index (Phi) is 5.35.